The highest BCUT2D eigenvalue weighted by molar-refractivity contribution is 5.36. The number of hydrogen-bond donors (Lipinski definition) is 0. The van der Waals surface area contributed by atoms with Gasteiger partial charge in [-0.25, -0.2) is 14.4 Å². The molecule has 0 aliphatic heterocycles. The predicted octanol–water partition coefficient (Wildman–Crippen LogP) is 4.92. The molecule has 0 saturated heterocycles. The molecular weight excluding hydrogens is 389 g/mol. The van der Waals surface area contributed by atoms with E-state index in [-0.39, 0.29) is 5.82 Å². The van der Waals surface area contributed by atoms with Crippen LogP contribution in [0.1, 0.15) is 28.9 Å². The number of aryl methyl sites for hydroxylation is 2. The Kier molecular flexibility index (Phi) is 6.57. The lowest BCUT2D eigenvalue weighted by atomic mass is 10.1. The van der Waals surface area contributed by atoms with Crippen molar-refractivity contribution in [3.8, 4) is 5.82 Å². The Hall–Kier alpha value is -3.25. The summed E-state index contributed by atoms with van der Waals surface area (Å²) >= 11 is 0. The molecule has 31 heavy (non-hydrogen) atoms. The monoisotopic (exact) mass is 417 g/mol. The molecule has 0 atom stereocenters. The Labute approximate surface area is 182 Å². The van der Waals surface area contributed by atoms with Crippen molar-refractivity contribution in [2.24, 2.45) is 0 Å². The van der Waals surface area contributed by atoms with E-state index in [0.717, 1.165) is 43.1 Å². The fraction of sp³-hybridized carbons (Fsp3) is 0.280. The van der Waals surface area contributed by atoms with Crippen molar-refractivity contribution in [2.75, 3.05) is 6.54 Å². The molecule has 3 aromatic heterocycles. The first-order chi connectivity index (χ1) is 15.1. The fourth-order valence-corrected chi connectivity index (χ4v) is 4.07. The van der Waals surface area contributed by atoms with Gasteiger partial charge < -0.3 is 9.13 Å². The van der Waals surface area contributed by atoms with Crippen molar-refractivity contribution >= 4 is 0 Å². The van der Waals surface area contributed by atoms with Crippen LogP contribution in [0.4, 0.5) is 4.39 Å². The molecule has 0 saturated carbocycles. The Morgan fingerprint density at radius 3 is 2.65 bits per heavy atom. The van der Waals surface area contributed by atoms with Crippen LogP contribution >= 0.6 is 0 Å². The van der Waals surface area contributed by atoms with Crippen LogP contribution in [0.5, 0.6) is 0 Å². The molecule has 0 bridgehead atoms. The van der Waals surface area contributed by atoms with E-state index in [1.807, 2.05) is 43.0 Å². The molecule has 4 rings (SSSR count). The maximum atomic E-state index is 13.8. The lowest BCUT2D eigenvalue weighted by Crippen LogP contribution is -2.25. The zero-order valence-corrected chi connectivity index (χ0v) is 18.1. The van der Waals surface area contributed by atoms with E-state index in [9.17, 15) is 4.39 Å². The van der Waals surface area contributed by atoms with Gasteiger partial charge in [-0.15, -0.1) is 0 Å². The van der Waals surface area contributed by atoms with Crippen molar-refractivity contribution in [3.63, 3.8) is 0 Å². The molecule has 0 aliphatic rings. The minimum atomic E-state index is -0.191. The molecule has 4 aromatic rings. The molecule has 0 amide bonds. The zero-order chi connectivity index (χ0) is 21.6. The van der Waals surface area contributed by atoms with Gasteiger partial charge >= 0.3 is 0 Å². The van der Waals surface area contributed by atoms with Crippen LogP contribution in [0.3, 0.4) is 0 Å². The van der Waals surface area contributed by atoms with Crippen molar-refractivity contribution in [3.05, 3.63) is 102 Å². The van der Waals surface area contributed by atoms with E-state index in [4.69, 9.17) is 0 Å². The number of pyridine rings is 1. The van der Waals surface area contributed by atoms with Crippen LogP contribution in [0, 0.1) is 19.7 Å². The third-order valence-electron chi connectivity index (χ3n) is 5.55. The van der Waals surface area contributed by atoms with E-state index >= 15 is 0 Å². The highest BCUT2D eigenvalue weighted by Gasteiger charge is 2.15. The number of benzene rings is 1. The van der Waals surface area contributed by atoms with Crippen LogP contribution in [-0.4, -0.2) is 30.5 Å². The number of aromatic nitrogens is 4. The lowest BCUT2D eigenvalue weighted by Gasteiger charge is -2.23. The Balaban J connectivity index is 1.53. The number of nitrogens with zero attached hydrogens (tertiary/aromatic N) is 5. The van der Waals surface area contributed by atoms with Gasteiger partial charge in [-0.3, -0.25) is 4.90 Å². The molecule has 3 heterocycles. The van der Waals surface area contributed by atoms with Gasteiger partial charge in [0.05, 0.1) is 6.33 Å². The number of hydrogen-bond acceptors (Lipinski definition) is 3. The number of halogens is 1. The van der Waals surface area contributed by atoms with Gasteiger partial charge in [0.2, 0.25) is 0 Å². The Bertz CT molecular complexity index is 1100. The first-order valence-corrected chi connectivity index (χ1v) is 10.6. The van der Waals surface area contributed by atoms with Gasteiger partial charge in [-0.1, -0.05) is 18.2 Å². The fourth-order valence-electron chi connectivity index (χ4n) is 4.07. The second-order valence-electron chi connectivity index (χ2n) is 7.91. The maximum Gasteiger partial charge on any atom is 0.136 e. The Morgan fingerprint density at radius 2 is 1.90 bits per heavy atom. The standard InChI is InChI=1S/C25H28FN5/c1-20-15-23(21(2)31(20)25-9-3-4-10-28-25)18-30(13-6-12-29-14-11-27-19-29)17-22-7-5-8-24(26)16-22/h3-5,7-11,14-16,19H,6,12-13,17-18H2,1-2H3. The minimum absolute atomic E-state index is 0.191. The molecule has 0 unspecified atom stereocenters. The molecular formula is C25H28FN5. The SMILES string of the molecule is Cc1cc(CN(CCCn2ccnc2)Cc2cccc(F)c2)c(C)n1-c1ccccn1. The number of imidazole rings is 1. The van der Waals surface area contributed by atoms with E-state index in [2.05, 4.69) is 43.9 Å². The maximum absolute atomic E-state index is 13.8. The van der Waals surface area contributed by atoms with Crippen LogP contribution < -0.4 is 0 Å². The second-order valence-corrected chi connectivity index (χ2v) is 7.91. The summed E-state index contributed by atoms with van der Waals surface area (Å²) in [5.74, 6) is 0.740. The second kappa shape index (κ2) is 9.71. The van der Waals surface area contributed by atoms with Crippen LogP contribution in [0.25, 0.3) is 5.82 Å². The van der Waals surface area contributed by atoms with Gasteiger partial charge in [0, 0.05) is 56.2 Å². The average molecular weight is 418 g/mol. The Morgan fingerprint density at radius 1 is 1.00 bits per heavy atom. The van der Waals surface area contributed by atoms with Crippen molar-refractivity contribution in [2.45, 2.75) is 39.9 Å². The topological polar surface area (TPSA) is 38.9 Å². The summed E-state index contributed by atoms with van der Waals surface area (Å²) in [4.78, 5) is 11.0. The van der Waals surface area contributed by atoms with Crippen molar-refractivity contribution < 1.29 is 4.39 Å². The molecule has 1 aromatic carbocycles. The van der Waals surface area contributed by atoms with E-state index < -0.39 is 0 Å². The molecule has 5 nitrogen and oxygen atoms in total. The predicted molar refractivity (Wildman–Crippen MR) is 120 cm³/mol. The highest BCUT2D eigenvalue weighted by Crippen LogP contribution is 2.22. The molecule has 0 N–H and O–H groups in total. The largest absolute Gasteiger partial charge is 0.337 e. The summed E-state index contributed by atoms with van der Waals surface area (Å²) in [6, 6.07) is 15.1. The molecule has 6 heteroatoms. The van der Waals surface area contributed by atoms with Crippen molar-refractivity contribution in [1.82, 2.24) is 24.0 Å². The van der Waals surface area contributed by atoms with Gasteiger partial charge in [0.15, 0.2) is 0 Å². The van der Waals surface area contributed by atoms with Gasteiger partial charge in [-0.2, -0.15) is 0 Å². The van der Waals surface area contributed by atoms with E-state index in [1.54, 1.807) is 18.3 Å². The normalized spacial score (nSPS) is 11.4. The van der Waals surface area contributed by atoms with Gasteiger partial charge in [-0.05, 0) is 61.7 Å². The van der Waals surface area contributed by atoms with Crippen LogP contribution in [-0.2, 0) is 19.6 Å². The third-order valence-corrected chi connectivity index (χ3v) is 5.55. The summed E-state index contributed by atoms with van der Waals surface area (Å²) in [5, 5.41) is 0. The lowest BCUT2D eigenvalue weighted by molar-refractivity contribution is 0.247. The number of rotatable bonds is 9. The zero-order valence-electron chi connectivity index (χ0n) is 18.1. The highest BCUT2D eigenvalue weighted by atomic mass is 19.1. The summed E-state index contributed by atoms with van der Waals surface area (Å²) in [6.07, 6.45) is 8.44. The smallest absolute Gasteiger partial charge is 0.136 e. The molecule has 0 radical (unpaired) electrons. The van der Waals surface area contributed by atoms with E-state index in [1.165, 1.54) is 17.3 Å². The quantitative estimate of drug-likeness (QED) is 0.388. The molecule has 0 spiro atoms. The third kappa shape index (κ3) is 5.27. The van der Waals surface area contributed by atoms with Crippen molar-refractivity contribution in [1.29, 1.82) is 0 Å². The van der Waals surface area contributed by atoms with Gasteiger partial charge in [0.25, 0.3) is 0 Å². The summed E-state index contributed by atoms with van der Waals surface area (Å²) in [6.45, 7) is 7.57. The average Bonchev–Trinajstić information content (AvgIpc) is 3.36. The van der Waals surface area contributed by atoms with Crippen LogP contribution in [0.2, 0.25) is 0 Å². The minimum Gasteiger partial charge on any atom is -0.337 e. The molecule has 0 aliphatic carbocycles. The molecule has 160 valence electrons. The first-order valence-electron chi connectivity index (χ1n) is 10.6. The van der Waals surface area contributed by atoms with Crippen LogP contribution in [0.15, 0.2) is 73.4 Å². The first kappa shape index (κ1) is 21.0. The molecule has 0 fully saturated rings. The van der Waals surface area contributed by atoms with E-state index in [0.29, 0.717) is 6.54 Å². The van der Waals surface area contributed by atoms with Gasteiger partial charge in [0.1, 0.15) is 11.6 Å². The summed E-state index contributed by atoms with van der Waals surface area (Å²) in [5.41, 5.74) is 4.61. The summed E-state index contributed by atoms with van der Waals surface area (Å²) < 4.78 is 18.0. The summed E-state index contributed by atoms with van der Waals surface area (Å²) in [7, 11) is 0.